The molecule has 0 unspecified atom stereocenters. The third-order valence-corrected chi connectivity index (χ3v) is 5.96. The van der Waals surface area contributed by atoms with Crippen molar-refractivity contribution >= 4 is 45.7 Å². The van der Waals surface area contributed by atoms with Gasteiger partial charge in [-0.15, -0.1) is 0 Å². The number of nitrogens with zero attached hydrogens (tertiary/aromatic N) is 2. The number of hydrogen-bond donors (Lipinski definition) is 2. The predicted octanol–water partition coefficient (Wildman–Crippen LogP) is 4.69. The van der Waals surface area contributed by atoms with Gasteiger partial charge in [0.15, 0.2) is 16.3 Å². The molecule has 0 aliphatic heterocycles. The number of hydrogen-bond acceptors (Lipinski definition) is 5. The molecule has 0 bridgehead atoms. The summed E-state index contributed by atoms with van der Waals surface area (Å²) in [5, 5.41) is 3.88. The van der Waals surface area contributed by atoms with Gasteiger partial charge in [0.05, 0.1) is 30.8 Å². The Bertz CT molecular complexity index is 1570. The molecule has 0 aliphatic rings. The van der Waals surface area contributed by atoms with Crippen molar-refractivity contribution in [2.45, 2.75) is 6.42 Å². The number of para-hydroxylation sites is 2. The fourth-order valence-electron chi connectivity index (χ4n) is 4.03. The van der Waals surface area contributed by atoms with Crippen LogP contribution in [-0.2, 0) is 6.42 Å². The molecule has 0 saturated carbocycles. The van der Waals surface area contributed by atoms with E-state index in [0.29, 0.717) is 34.8 Å². The van der Waals surface area contributed by atoms with Crippen LogP contribution in [0.15, 0.2) is 60.7 Å². The maximum absolute atomic E-state index is 12.8. The maximum atomic E-state index is 12.8. The highest BCUT2D eigenvalue weighted by Crippen LogP contribution is 2.28. The van der Waals surface area contributed by atoms with Gasteiger partial charge in [-0.05, 0) is 66.7 Å². The molecule has 0 saturated heterocycles. The van der Waals surface area contributed by atoms with Crippen LogP contribution in [0.2, 0.25) is 0 Å². The number of nitrogens with one attached hydrogen (secondary N) is 2. The fraction of sp³-hybridized carbons (Fsp3) is 0.160. The summed E-state index contributed by atoms with van der Waals surface area (Å²) < 4.78 is 13.1. The standard InChI is InChI=1S/C25H22N4O3S/c1-31-21-10-7-15(13-22(21)32-2)11-12-26-24(30)16-8-9-17-19(14-16)28-25(33)29-20-6-4-3-5-18(20)27-23(17)29/h3-10,13-14H,11-12H2,1-2H3,(H,26,30)(H,28,33). The van der Waals surface area contributed by atoms with Crippen molar-refractivity contribution in [2.24, 2.45) is 0 Å². The van der Waals surface area contributed by atoms with Crippen LogP contribution in [0.4, 0.5) is 0 Å². The third kappa shape index (κ3) is 3.78. The Labute approximate surface area is 195 Å². The topological polar surface area (TPSA) is 80.7 Å². The number of aromatic amines is 1. The average molecular weight is 459 g/mol. The molecule has 33 heavy (non-hydrogen) atoms. The van der Waals surface area contributed by atoms with E-state index in [0.717, 1.165) is 33.1 Å². The molecule has 0 aliphatic carbocycles. The van der Waals surface area contributed by atoms with E-state index in [1.807, 2.05) is 65.1 Å². The first-order valence-corrected chi connectivity index (χ1v) is 10.9. The van der Waals surface area contributed by atoms with Crippen LogP contribution in [0.3, 0.4) is 0 Å². The molecule has 2 heterocycles. The summed E-state index contributed by atoms with van der Waals surface area (Å²) in [5.41, 5.74) is 4.98. The second-order valence-corrected chi connectivity index (χ2v) is 8.03. The van der Waals surface area contributed by atoms with Crippen molar-refractivity contribution < 1.29 is 14.3 Å². The van der Waals surface area contributed by atoms with Crippen molar-refractivity contribution in [1.29, 1.82) is 0 Å². The third-order valence-electron chi connectivity index (χ3n) is 5.68. The number of ether oxygens (including phenoxy) is 2. The maximum Gasteiger partial charge on any atom is 0.251 e. The van der Waals surface area contributed by atoms with Gasteiger partial charge >= 0.3 is 0 Å². The highest BCUT2D eigenvalue weighted by molar-refractivity contribution is 7.71. The number of fused-ring (bicyclic) bond motifs is 5. The number of carbonyl (C=O) groups is 1. The van der Waals surface area contributed by atoms with E-state index in [-0.39, 0.29) is 5.91 Å². The number of aromatic nitrogens is 3. The zero-order chi connectivity index (χ0) is 22.9. The normalized spacial score (nSPS) is 11.2. The van der Waals surface area contributed by atoms with Gasteiger partial charge in [-0.3, -0.25) is 9.20 Å². The number of amides is 1. The summed E-state index contributed by atoms with van der Waals surface area (Å²) in [6.07, 6.45) is 0.670. The molecule has 7 nitrogen and oxygen atoms in total. The van der Waals surface area contributed by atoms with Crippen LogP contribution in [-0.4, -0.2) is 41.0 Å². The summed E-state index contributed by atoms with van der Waals surface area (Å²) in [4.78, 5) is 20.8. The van der Waals surface area contributed by atoms with E-state index >= 15 is 0 Å². The van der Waals surface area contributed by atoms with Crippen molar-refractivity contribution in [2.75, 3.05) is 20.8 Å². The van der Waals surface area contributed by atoms with Gasteiger partial charge in [-0.25, -0.2) is 4.98 Å². The Balaban J connectivity index is 1.37. The minimum atomic E-state index is -0.148. The molecular formula is C25H22N4O3S. The molecule has 5 rings (SSSR count). The Morgan fingerprint density at radius 1 is 1.06 bits per heavy atom. The first kappa shape index (κ1) is 21.0. The van der Waals surface area contributed by atoms with Crippen LogP contribution in [0.1, 0.15) is 15.9 Å². The smallest absolute Gasteiger partial charge is 0.251 e. The molecule has 5 aromatic rings. The number of benzene rings is 3. The zero-order valence-corrected chi connectivity index (χ0v) is 19.0. The summed E-state index contributed by atoms with van der Waals surface area (Å²) >= 11 is 5.58. The van der Waals surface area contributed by atoms with Crippen LogP contribution in [0, 0.1) is 4.77 Å². The Morgan fingerprint density at radius 3 is 2.70 bits per heavy atom. The van der Waals surface area contributed by atoms with E-state index in [2.05, 4.69) is 10.3 Å². The largest absolute Gasteiger partial charge is 0.493 e. The lowest BCUT2D eigenvalue weighted by Crippen LogP contribution is -2.25. The molecular weight excluding hydrogens is 436 g/mol. The molecule has 3 aromatic carbocycles. The lowest BCUT2D eigenvalue weighted by molar-refractivity contribution is 0.0954. The number of carbonyl (C=O) groups excluding carboxylic acids is 1. The second-order valence-electron chi connectivity index (χ2n) is 7.65. The Hall–Kier alpha value is -3.91. The van der Waals surface area contributed by atoms with Gasteiger partial charge in [-0.1, -0.05) is 18.2 Å². The minimum Gasteiger partial charge on any atom is -0.493 e. The highest BCUT2D eigenvalue weighted by atomic mass is 32.1. The minimum absolute atomic E-state index is 0.148. The molecule has 8 heteroatoms. The van der Waals surface area contributed by atoms with Crippen molar-refractivity contribution in [3.63, 3.8) is 0 Å². The molecule has 2 N–H and O–H groups in total. The van der Waals surface area contributed by atoms with Gasteiger partial charge in [-0.2, -0.15) is 0 Å². The van der Waals surface area contributed by atoms with Crippen molar-refractivity contribution in [3.05, 3.63) is 76.6 Å². The van der Waals surface area contributed by atoms with Gasteiger partial charge < -0.3 is 19.8 Å². The van der Waals surface area contributed by atoms with Gasteiger partial charge in [0, 0.05) is 17.5 Å². The predicted molar refractivity (Wildman–Crippen MR) is 131 cm³/mol. The Morgan fingerprint density at radius 2 is 1.88 bits per heavy atom. The number of methoxy groups -OCH3 is 2. The first-order valence-electron chi connectivity index (χ1n) is 10.5. The highest BCUT2D eigenvalue weighted by Gasteiger charge is 2.12. The molecule has 1 amide bonds. The molecule has 166 valence electrons. The average Bonchev–Trinajstić information content (AvgIpc) is 3.24. The van der Waals surface area contributed by atoms with Gasteiger partial charge in [0.25, 0.3) is 5.91 Å². The summed E-state index contributed by atoms with van der Waals surface area (Å²) in [5.74, 6) is 1.20. The molecule has 0 fully saturated rings. The van der Waals surface area contributed by atoms with E-state index in [1.165, 1.54) is 0 Å². The SMILES string of the molecule is COc1ccc(CCNC(=O)c2ccc3c(c2)[nH]c(=S)n2c4ccccc4nc32)cc1OC. The number of H-pyrrole nitrogens is 1. The fourth-order valence-corrected chi connectivity index (χ4v) is 4.32. The van der Waals surface area contributed by atoms with Crippen LogP contribution < -0.4 is 14.8 Å². The first-order chi connectivity index (χ1) is 16.1. The monoisotopic (exact) mass is 458 g/mol. The summed E-state index contributed by atoms with van der Waals surface area (Å²) in [6.45, 7) is 0.493. The molecule has 2 aromatic heterocycles. The van der Waals surface area contributed by atoms with Crippen LogP contribution in [0.5, 0.6) is 11.5 Å². The quantitative estimate of drug-likeness (QED) is 0.361. The summed E-state index contributed by atoms with van der Waals surface area (Å²) in [6, 6.07) is 19.1. The Kier molecular flexibility index (Phi) is 5.43. The zero-order valence-electron chi connectivity index (χ0n) is 18.2. The second kappa shape index (κ2) is 8.55. The van der Waals surface area contributed by atoms with E-state index in [9.17, 15) is 4.79 Å². The lowest BCUT2D eigenvalue weighted by atomic mass is 10.1. The van der Waals surface area contributed by atoms with E-state index in [1.54, 1.807) is 14.2 Å². The van der Waals surface area contributed by atoms with Crippen LogP contribution >= 0.6 is 12.2 Å². The molecule has 0 spiro atoms. The molecule has 0 atom stereocenters. The van der Waals surface area contributed by atoms with Crippen molar-refractivity contribution in [1.82, 2.24) is 19.7 Å². The van der Waals surface area contributed by atoms with Crippen molar-refractivity contribution in [3.8, 4) is 11.5 Å². The lowest BCUT2D eigenvalue weighted by Gasteiger charge is -2.10. The summed E-state index contributed by atoms with van der Waals surface area (Å²) in [7, 11) is 3.21. The van der Waals surface area contributed by atoms with E-state index < -0.39 is 0 Å². The number of rotatable bonds is 6. The molecule has 0 radical (unpaired) electrons. The van der Waals surface area contributed by atoms with Crippen LogP contribution in [0.25, 0.3) is 27.6 Å². The van der Waals surface area contributed by atoms with Gasteiger partial charge in [0.2, 0.25) is 0 Å². The van der Waals surface area contributed by atoms with Gasteiger partial charge in [0.1, 0.15) is 5.65 Å². The number of imidazole rings is 1. The van der Waals surface area contributed by atoms with E-state index in [4.69, 9.17) is 26.7 Å².